The molecule has 1 aromatic carbocycles. The fraction of sp³-hybridized carbons (Fsp3) is 0.143. The quantitative estimate of drug-likeness (QED) is 0.654. The lowest BCUT2D eigenvalue weighted by molar-refractivity contribution is 0.576. The molecule has 1 aromatic rings. The number of benzene rings is 1. The van der Waals surface area contributed by atoms with E-state index in [-0.39, 0.29) is 10.4 Å². The van der Waals surface area contributed by atoms with Gasteiger partial charge in [-0.2, -0.15) is 0 Å². The monoisotopic (exact) mass is 194 g/mol. The van der Waals surface area contributed by atoms with E-state index in [4.69, 9.17) is 0 Å². The van der Waals surface area contributed by atoms with Crippen LogP contribution in [0.2, 0.25) is 0 Å². The Balaban J connectivity index is 0.00000121. The van der Waals surface area contributed by atoms with Crippen LogP contribution in [0.1, 0.15) is 0 Å². The van der Waals surface area contributed by atoms with Gasteiger partial charge in [0.2, 0.25) is 0 Å². The summed E-state index contributed by atoms with van der Waals surface area (Å²) >= 11 is 0. The molecule has 0 aliphatic rings. The molecular weight excluding hydrogens is 186 g/mol. The van der Waals surface area contributed by atoms with Gasteiger partial charge in [-0.15, -0.1) is 0 Å². The molecule has 1 rings (SSSR count). The standard InChI is InChI=1S/C7H6F2OS.H2O/c1-11(10)7-3-5(8)2-6(9)4-7;/h2-4H,1H3;1H2. The summed E-state index contributed by atoms with van der Waals surface area (Å²) in [5, 5.41) is 0. The van der Waals surface area contributed by atoms with Gasteiger partial charge in [0, 0.05) is 28.0 Å². The van der Waals surface area contributed by atoms with Gasteiger partial charge in [0.05, 0.1) is 0 Å². The van der Waals surface area contributed by atoms with Gasteiger partial charge < -0.3 is 5.48 Å². The zero-order valence-corrected chi connectivity index (χ0v) is 7.12. The molecule has 0 aliphatic carbocycles. The Morgan fingerprint density at radius 2 is 1.58 bits per heavy atom. The van der Waals surface area contributed by atoms with E-state index in [9.17, 15) is 13.0 Å². The average Bonchev–Trinajstić information content (AvgIpc) is 1.85. The zero-order chi connectivity index (χ0) is 8.43. The van der Waals surface area contributed by atoms with Crippen LogP contribution in [-0.2, 0) is 10.8 Å². The lowest BCUT2D eigenvalue weighted by atomic mass is 10.3. The molecule has 0 saturated carbocycles. The van der Waals surface area contributed by atoms with Gasteiger partial charge in [-0.05, 0) is 12.1 Å². The molecule has 12 heavy (non-hydrogen) atoms. The highest BCUT2D eigenvalue weighted by atomic mass is 32.2. The zero-order valence-electron chi connectivity index (χ0n) is 6.30. The predicted octanol–water partition coefficient (Wildman–Crippen LogP) is 0.877. The van der Waals surface area contributed by atoms with Crippen LogP contribution < -0.4 is 0 Å². The molecule has 2 nitrogen and oxygen atoms in total. The topological polar surface area (TPSA) is 48.6 Å². The van der Waals surface area contributed by atoms with E-state index >= 15 is 0 Å². The summed E-state index contributed by atoms with van der Waals surface area (Å²) in [4.78, 5) is 0.169. The Labute approximate surface area is 71.0 Å². The van der Waals surface area contributed by atoms with Crippen molar-refractivity contribution in [1.82, 2.24) is 0 Å². The molecule has 0 bridgehead atoms. The van der Waals surface area contributed by atoms with E-state index < -0.39 is 22.4 Å². The Bertz CT molecular complexity index is 281. The second-order valence-corrected chi connectivity index (χ2v) is 3.44. The van der Waals surface area contributed by atoms with Crippen molar-refractivity contribution >= 4 is 10.8 Å². The number of hydrogen-bond donors (Lipinski definition) is 0. The molecule has 0 fully saturated rings. The number of rotatable bonds is 1. The third kappa shape index (κ3) is 2.67. The molecule has 0 heterocycles. The largest absolute Gasteiger partial charge is 0.412 e. The van der Waals surface area contributed by atoms with Crippen LogP contribution in [0.3, 0.4) is 0 Å². The summed E-state index contributed by atoms with van der Waals surface area (Å²) in [5.74, 6) is -1.40. The van der Waals surface area contributed by atoms with E-state index in [1.807, 2.05) is 0 Å². The van der Waals surface area contributed by atoms with Crippen LogP contribution >= 0.6 is 0 Å². The fourth-order valence-electron chi connectivity index (χ4n) is 0.694. The van der Waals surface area contributed by atoms with Gasteiger partial charge in [-0.3, -0.25) is 4.21 Å². The second-order valence-electron chi connectivity index (χ2n) is 2.06. The van der Waals surface area contributed by atoms with E-state index in [0.29, 0.717) is 0 Å². The van der Waals surface area contributed by atoms with Crippen molar-refractivity contribution in [3.8, 4) is 0 Å². The van der Waals surface area contributed by atoms with Gasteiger partial charge in [-0.25, -0.2) is 8.78 Å². The summed E-state index contributed by atoms with van der Waals surface area (Å²) in [7, 11) is -1.33. The molecule has 1 atom stereocenters. The molecule has 0 spiro atoms. The molecule has 0 radical (unpaired) electrons. The van der Waals surface area contributed by atoms with Crippen LogP contribution in [0.25, 0.3) is 0 Å². The maximum atomic E-state index is 12.4. The van der Waals surface area contributed by atoms with E-state index in [1.165, 1.54) is 6.26 Å². The van der Waals surface area contributed by atoms with Crippen molar-refractivity contribution in [1.29, 1.82) is 0 Å². The van der Waals surface area contributed by atoms with Crippen LogP contribution in [-0.4, -0.2) is 15.9 Å². The van der Waals surface area contributed by atoms with E-state index in [0.717, 1.165) is 18.2 Å². The average molecular weight is 194 g/mol. The van der Waals surface area contributed by atoms with Crippen molar-refractivity contribution in [2.45, 2.75) is 4.90 Å². The highest BCUT2D eigenvalue weighted by molar-refractivity contribution is 7.84. The van der Waals surface area contributed by atoms with Crippen molar-refractivity contribution in [2.24, 2.45) is 0 Å². The molecule has 0 amide bonds. The minimum atomic E-state index is -1.33. The summed E-state index contributed by atoms with van der Waals surface area (Å²) in [6.45, 7) is 0. The van der Waals surface area contributed by atoms with Gasteiger partial charge in [0.1, 0.15) is 11.6 Å². The Kier molecular flexibility index (Phi) is 3.99. The molecule has 0 saturated heterocycles. The molecule has 2 N–H and O–H groups in total. The molecule has 1 unspecified atom stereocenters. The minimum absolute atomic E-state index is 0. The first-order chi connectivity index (χ1) is 5.09. The molecule has 5 heteroatoms. The fourth-order valence-corrected chi connectivity index (χ4v) is 1.25. The first-order valence-electron chi connectivity index (χ1n) is 2.89. The number of hydrogen-bond acceptors (Lipinski definition) is 1. The van der Waals surface area contributed by atoms with Crippen LogP contribution in [0, 0.1) is 11.6 Å². The first kappa shape index (κ1) is 11.2. The van der Waals surface area contributed by atoms with E-state index in [1.54, 1.807) is 0 Å². The van der Waals surface area contributed by atoms with Crippen molar-refractivity contribution < 1.29 is 18.5 Å². The van der Waals surface area contributed by atoms with Gasteiger partial charge in [0.25, 0.3) is 0 Å². The van der Waals surface area contributed by atoms with Crippen molar-refractivity contribution in [3.05, 3.63) is 29.8 Å². The highest BCUT2D eigenvalue weighted by Crippen LogP contribution is 2.10. The summed E-state index contributed by atoms with van der Waals surface area (Å²) in [6, 6.07) is 2.86. The molecule has 0 aromatic heterocycles. The maximum absolute atomic E-state index is 12.4. The molecule has 68 valence electrons. The van der Waals surface area contributed by atoms with Crippen molar-refractivity contribution in [2.75, 3.05) is 6.26 Å². The normalized spacial score (nSPS) is 11.9. The maximum Gasteiger partial charge on any atom is 0.127 e. The van der Waals surface area contributed by atoms with Gasteiger partial charge >= 0.3 is 0 Å². The highest BCUT2D eigenvalue weighted by Gasteiger charge is 2.02. The van der Waals surface area contributed by atoms with E-state index in [2.05, 4.69) is 0 Å². The summed E-state index contributed by atoms with van der Waals surface area (Å²) < 4.78 is 35.6. The Morgan fingerprint density at radius 1 is 1.17 bits per heavy atom. The summed E-state index contributed by atoms with van der Waals surface area (Å²) in [5.41, 5.74) is 0. The second kappa shape index (κ2) is 4.27. The van der Waals surface area contributed by atoms with Crippen LogP contribution in [0.15, 0.2) is 23.1 Å². The van der Waals surface area contributed by atoms with Crippen LogP contribution in [0.5, 0.6) is 0 Å². The van der Waals surface area contributed by atoms with Gasteiger partial charge in [-0.1, -0.05) is 0 Å². The third-order valence-corrected chi connectivity index (χ3v) is 2.07. The smallest absolute Gasteiger partial charge is 0.127 e. The lowest BCUT2D eigenvalue weighted by Crippen LogP contribution is -1.90. The van der Waals surface area contributed by atoms with Crippen LogP contribution in [0.4, 0.5) is 8.78 Å². The summed E-state index contributed by atoms with van der Waals surface area (Å²) in [6.07, 6.45) is 1.37. The van der Waals surface area contributed by atoms with Crippen molar-refractivity contribution in [3.63, 3.8) is 0 Å². The Morgan fingerprint density at radius 3 is 1.92 bits per heavy atom. The molecular formula is C7H8F2O2S. The minimum Gasteiger partial charge on any atom is -0.412 e. The third-order valence-electron chi connectivity index (χ3n) is 1.17. The first-order valence-corrected chi connectivity index (χ1v) is 4.45. The predicted molar refractivity (Wildman–Crippen MR) is 42.3 cm³/mol. The van der Waals surface area contributed by atoms with Gasteiger partial charge in [0.15, 0.2) is 0 Å². The Hall–Kier alpha value is -0.810. The number of halogens is 2. The molecule has 0 aliphatic heterocycles. The SMILES string of the molecule is CS(=O)c1cc(F)cc(F)c1.O. The lowest BCUT2D eigenvalue weighted by Gasteiger charge is -1.95.